The average molecular weight is 275 g/mol. The van der Waals surface area contributed by atoms with Crippen LogP contribution >= 0.6 is 0 Å². The number of benzene rings is 2. The lowest BCUT2D eigenvalue weighted by atomic mass is 10.1. The standard InChI is InChI=1S/C16H15F2NO/c1-10-3-4-11(2)15(7-10)19-9-16(20)12-5-6-13(17)14(18)8-12/h3-8,19H,9H2,1-2H3. The van der Waals surface area contributed by atoms with Gasteiger partial charge in [-0.3, -0.25) is 4.79 Å². The number of hydrogen-bond donors (Lipinski definition) is 1. The molecule has 2 aromatic rings. The molecule has 0 spiro atoms. The molecule has 0 fully saturated rings. The summed E-state index contributed by atoms with van der Waals surface area (Å²) in [5.41, 5.74) is 3.12. The van der Waals surface area contributed by atoms with E-state index in [4.69, 9.17) is 0 Å². The summed E-state index contributed by atoms with van der Waals surface area (Å²) in [7, 11) is 0. The molecule has 0 unspecified atom stereocenters. The number of nitrogens with one attached hydrogen (secondary N) is 1. The zero-order valence-electron chi connectivity index (χ0n) is 11.3. The number of halogens is 2. The van der Waals surface area contributed by atoms with Crippen LogP contribution in [0.2, 0.25) is 0 Å². The van der Waals surface area contributed by atoms with Crippen molar-refractivity contribution < 1.29 is 13.6 Å². The van der Waals surface area contributed by atoms with E-state index in [1.54, 1.807) is 0 Å². The van der Waals surface area contributed by atoms with E-state index < -0.39 is 11.6 Å². The maximum Gasteiger partial charge on any atom is 0.181 e. The molecule has 0 aliphatic heterocycles. The molecule has 0 saturated heterocycles. The Morgan fingerprint density at radius 2 is 1.80 bits per heavy atom. The Hall–Kier alpha value is -2.23. The molecule has 20 heavy (non-hydrogen) atoms. The number of carbonyl (C=O) groups is 1. The van der Waals surface area contributed by atoms with Crippen molar-refractivity contribution in [2.24, 2.45) is 0 Å². The predicted octanol–water partition coefficient (Wildman–Crippen LogP) is 3.88. The number of anilines is 1. The Morgan fingerprint density at radius 1 is 1.05 bits per heavy atom. The van der Waals surface area contributed by atoms with Crippen molar-refractivity contribution in [2.75, 3.05) is 11.9 Å². The summed E-state index contributed by atoms with van der Waals surface area (Å²) in [4.78, 5) is 11.9. The topological polar surface area (TPSA) is 29.1 Å². The monoisotopic (exact) mass is 275 g/mol. The first-order valence-electron chi connectivity index (χ1n) is 6.27. The molecular formula is C16H15F2NO. The number of Topliss-reactive ketones (excluding diaryl/α,β-unsaturated/α-hetero) is 1. The van der Waals surface area contributed by atoms with Crippen LogP contribution in [0, 0.1) is 25.5 Å². The minimum absolute atomic E-state index is 0.0371. The van der Waals surface area contributed by atoms with Crippen LogP contribution in [-0.2, 0) is 0 Å². The largest absolute Gasteiger partial charge is 0.377 e. The fraction of sp³-hybridized carbons (Fsp3) is 0.188. The quantitative estimate of drug-likeness (QED) is 0.858. The summed E-state index contributed by atoms with van der Waals surface area (Å²) in [6.07, 6.45) is 0. The third kappa shape index (κ3) is 3.20. The molecule has 2 nitrogen and oxygen atoms in total. The van der Waals surface area contributed by atoms with E-state index >= 15 is 0 Å². The van der Waals surface area contributed by atoms with E-state index in [0.29, 0.717) is 0 Å². The lowest BCUT2D eigenvalue weighted by Gasteiger charge is -2.10. The SMILES string of the molecule is Cc1ccc(C)c(NCC(=O)c2ccc(F)c(F)c2)c1. The molecule has 0 radical (unpaired) electrons. The van der Waals surface area contributed by atoms with Crippen LogP contribution in [0.4, 0.5) is 14.5 Å². The first-order valence-corrected chi connectivity index (χ1v) is 6.27. The van der Waals surface area contributed by atoms with Crippen molar-refractivity contribution in [2.45, 2.75) is 13.8 Å². The first kappa shape index (κ1) is 14.2. The fourth-order valence-corrected chi connectivity index (χ4v) is 1.87. The first-order chi connectivity index (χ1) is 9.47. The van der Waals surface area contributed by atoms with E-state index in [1.165, 1.54) is 6.07 Å². The highest BCUT2D eigenvalue weighted by atomic mass is 19.2. The van der Waals surface area contributed by atoms with Crippen molar-refractivity contribution >= 4 is 11.5 Å². The smallest absolute Gasteiger partial charge is 0.181 e. The molecule has 2 aromatic carbocycles. The second-order valence-electron chi connectivity index (χ2n) is 4.72. The lowest BCUT2D eigenvalue weighted by Crippen LogP contribution is -2.15. The number of aryl methyl sites for hydroxylation is 2. The molecular weight excluding hydrogens is 260 g/mol. The summed E-state index contributed by atoms with van der Waals surface area (Å²) in [5, 5.41) is 3.02. The van der Waals surface area contributed by atoms with Crippen molar-refractivity contribution in [1.29, 1.82) is 0 Å². The van der Waals surface area contributed by atoms with Crippen LogP contribution in [0.5, 0.6) is 0 Å². The van der Waals surface area contributed by atoms with Crippen molar-refractivity contribution in [1.82, 2.24) is 0 Å². The van der Waals surface area contributed by atoms with Crippen LogP contribution in [0.3, 0.4) is 0 Å². The number of carbonyl (C=O) groups excluding carboxylic acids is 1. The molecule has 0 aliphatic rings. The third-order valence-corrected chi connectivity index (χ3v) is 3.07. The molecule has 0 bridgehead atoms. The predicted molar refractivity (Wildman–Crippen MR) is 75.1 cm³/mol. The molecule has 2 rings (SSSR count). The second kappa shape index (κ2) is 5.82. The maximum atomic E-state index is 13.1. The van der Waals surface area contributed by atoms with Gasteiger partial charge in [0.25, 0.3) is 0 Å². The van der Waals surface area contributed by atoms with Gasteiger partial charge in [-0.15, -0.1) is 0 Å². The van der Waals surface area contributed by atoms with Crippen LogP contribution in [-0.4, -0.2) is 12.3 Å². The van der Waals surface area contributed by atoms with Gasteiger partial charge in [-0.25, -0.2) is 8.78 Å². The molecule has 0 heterocycles. The van der Waals surface area contributed by atoms with Gasteiger partial charge < -0.3 is 5.32 Å². The summed E-state index contributed by atoms with van der Waals surface area (Å²) < 4.78 is 25.9. The summed E-state index contributed by atoms with van der Waals surface area (Å²) >= 11 is 0. The number of rotatable bonds is 4. The summed E-state index contributed by atoms with van der Waals surface area (Å²) in [6, 6.07) is 9.04. The third-order valence-electron chi connectivity index (χ3n) is 3.07. The zero-order valence-corrected chi connectivity index (χ0v) is 11.3. The van der Waals surface area contributed by atoms with Gasteiger partial charge in [-0.2, -0.15) is 0 Å². The molecule has 0 atom stereocenters. The minimum Gasteiger partial charge on any atom is -0.377 e. The van der Waals surface area contributed by atoms with Crippen molar-refractivity contribution in [3.8, 4) is 0 Å². The normalized spacial score (nSPS) is 10.4. The van der Waals surface area contributed by atoms with Gasteiger partial charge in [0.05, 0.1) is 6.54 Å². The average Bonchev–Trinajstić information content (AvgIpc) is 2.42. The second-order valence-corrected chi connectivity index (χ2v) is 4.72. The molecule has 0 saturated carbocycles. The minimum atomic E-state index is -1.01. The Morgan fingerprint density at radius 3 is 2.50 bits per heavy atom. The van der Waals surface area contributed by atoms with E-state index in [2.05, 4.69) is 5.32 Å². The zero-order chi connectivity index (χ0) is 14.7. The van der Waals surface area contributed by atoms with Gasteiger partial charge in [0, 0.05) is 11.3 Å². The molecule has 0 aromatic heterocycles. The van der Waals surface area contributed by atoms with Crippen LogP contribution in [0.25, 0.3) is 0 Å². The molecule has 0 aliphatic carbocycles. The maximum absolute atomic E-state index is 13.1. The number of ketones is 1. The van der Waals surface area contributed by atoms with Gasteiger partial charge >= 0.3 is 0 Å². The van der Waals surface area contributed by atoms with E-state index in [-0.39, 0.29) is 17.9 Å². The Kier molecular flexibility index (Phi) is 4.13. The number of hydrogen-bond acceptors (Lipinski definition) is 2. The van der Waals surface area contributed by atoms with Crippen LogP contribution in [0.15, 0.2) is 36.4 Å². The fourth-order valence-electron chi connectivity index (χ4n) is 1.87. The Balaban J connectivity index is 2.08. The van der Waals surface area contributed by atoms with E-state index in [0.717, 1.165) is 28.9 Å². The molecule has 0 amide bonds. The van der Waals surface area contributed by atoms with E-state index in [9.17, 15) is 13.6 Å². The van der Waals surface area contributed by atoms with Crippen molar-refractivity contribution in [3.63, 3.8) is 0 Å². The summed E-state index contributed by atoms with van der Waals surface area (Å²) in [5.74, 6) is -2.25. The van der Waals surface area contributed by atoms with Crippen LogP contribution < -0.4 is 5.32 Å². The summed E-state index contributed by atoms with van der Waals surface area (Å²) in [6.45, 7) is 3.93. The Labute approximate surface area is 116 Å². The molecule has 104 valence electrons. The van der Waals surface area contributed by atoms with Crippen molar-refractivity contribution in [3.05, 3.63) is 64.7 Å². The highest BCUT2D eigenvalue weighted by Gasteiger charge is 2.10. The van der Waals surface area contributed by atoms with Gasteiger partial charge in [-0.1, -0.05) is 12.1 Å². The lowest BCUT2D eigenvalue weighted by molar-refractivity contribution is 0.101. The molecule has 4 heteroatoms. The van der Waals surface area contributed by atoms with Gasteiger partial charge in [0.2, 0.25) is 0 Å². The highest BCUT2D eigenvalue weighted by Crippen LogP contribution is 2.16. The Bertz CT molecular complexity index is 653. The van der Waals surface area contributed by atoms with E-state index in [1.807, 2.05) is 32.0 Å². The highest BCUT2D eigenvalue weighted by molar-refractivity contribution is 5.99. The van der Waals surface area contributed by atoms with Gasteiger partial charge in [0.15, 0.2) is 17.4 Å². The molecule has 1 N–H and O–H groups in total. The van der Waals surface area contributed by atoms with Crippen LogP contribution in [0.1, 0.15) is 21.5 Å². The van der Waals surface area contributed by atoms with Gasteiger partial charge in [0.1, 0.15) is 0 Å². The van der Waals surface area contributed by atoms with Gasteiger partial charge in [-0.05, 0) is 49.2 Å².